The van der Waals surface area contributed by atoms with Crippen molar-refractivity contribution in [3.63, 3.8) is 0 Å². The number of nitrogens with one attached hydrogen (secondary N) is 1. The molecule has 0 aliphatic rings. The molecular weight excluding hydrogens is 254 g/mol. The molecule has 1 rings (SSSR count). The minimum Gasteiger partial charge on any atom is -0.381 e. The van der Waals surface area contributed by atoms with E-state index in [2.05, 4.69) is 10.3 Å². The number of rotatable bonds is 6. The fraction of sp³-hybridized carbons (Fsp3) is 0.417. The number of hydrogen-bond donors (Lipinski definition) is 1. The molecule has 18 heavy (non-hydrogen) atoms. The van der Waals surface area contributed by atoms with E-state index in [4.69, 9.17) is 11.6 Å². The van der Waals surface area contributed by atoms with Gasteiger partial charge in [0.05, 0.1) is 10.6 Å². The molecule has 5 nitrogen and oxygen atoms in total. The molecule has 1 heterocycles. The van der Waals surface area contributed by atoms with Gasteiger partial charge < -0.3 is 5.32 Å². The summed E-state index contributed by atoms with van der Waals surface area (Å²) in [6.07, 6.45) is 3.96. The van der Waals surface area contributed by atoms with Crippen molar-refractivity contribution < 1.29 is 4.92 Å². The lowest BCUT2D eigenvalue weighted by atomic mass is 10.1. The highest BCUT2D eigenvalue weighted by Gasteiger charge is 2.08. The zero-order chi connectivity index (χ0) is 13.5. The van der Waals surface area contributed by atoms with Crippen LogP contribution in [-0.2, 0) is 6.42 Å². The number of pyridine rings is 1. The molecule has 1 aromatic heterocycles. The number of aromatic nitrogens is 1. The zero-order valence-corrected chi connectivity index (χ0v) is 11.1. The second kappa shape index (κ2) is 6.96. The summed E-state index contributed by atoms with van der Waals surface area (Å²) in [5.74, 6) is 0. The van der Waals surface area contributed by atoms with Crippen LogP contribution in [0.15, 0.2) is 30.2 Å². The summed E-state index contributed by atoms with van der Waals surface area (Å²) >= 11 is 5.69. The summed E-state index contributed by atoms with van der Waals surface area (Å²) in [5, 5.41) is 14.1. The molecule has 0 amide bonds. The van der Waals surface area contributed by atoms with Gasteiger partial charge in [0, 0.05) is 18.7 Å². The maximum Gasteiger partial charge on any atom is 0.253 e. The van der Waals surface area contributed by atoms with E-state index in [9.17, 15) is 10.1 Å². The average molecular weight is 270 g/mol. The number of allylic oxidation sites excluding steroid dienone is 1. The highest BCUT2D eigenvalue weighted by Crippen LogP contribution is 2.10. The molecule has 0 saturated heterocycles. The maximum absolute atomic E-state index is 10.6. The lowest BCUT2D eigenvalue weighted by molar-refractivity contribution is -0.403. The van der Waals surface area contributed by atoms with Crippen molar-refractivity contribution in [1.82, 2.24) is 10.3 Å². The predicted molar refractivity (Wildman–Crippen MR) is 70.9 cm³/mol. The van der Waals surface area contributed by atoms with Gasteiger partial charge in [0.15, 0.2) is 0 Å². The quantitative estimate of drug-likeness (QED) is 0.490. The van der Waals surface area contributed by atoms with Gasteiger partial charge in [-0.05, 0) is 25.0 Å². The Bertz CT molecular complexity index is 431. The normalized spacial score (nSPS) is 13.2. The topological polar surface area (TPSA) is 68.1 Å². The van der Waals surface area contributed by atoms with Crippen molar-refractivity contribution in [3.05, 3.63) is 51.1 Å². The van der Waals surface area contributed by atoms with Gasteiger partial charge >= 0.3 is 0 Å². The molecule has 1 unspecified atom stereocenters. The summed E-state index contributed by atoms with van der Waals surface area (Å²) in [6, 6.07) is 3.67. The van der Waals surface area contributed by atoms with Gasteiger partial charge in [-0.2, -0.15) is 0 Å². The summed E-state index contributed by atoms with van der Waals surface area (Å²) in [4.78, 5) is 14.1. The van der Waals surface area contributed by atoms with Crippen LogP contribution in [0, 0.1) is 10.1 Å². The number of nitro groups is 1. The standard InChI is InChI=1S/C12H16ClN3O2/c1-3-9(2)15-11(8-16(17)18)6-10-4-5-12(13)14-7-10/h4-5,7-9,15H,3,6H2,1-2H3/b11-8-. The summed E-state index contributed by atoms with van der Waals surface area (Å²) < 4.78 is 0. The fourth-order valence-electron chi connectivity index (χ4n) is 1.41. The van der Waals surface area contributed by atoms with Crippen LogP contribution in [0.5, 0.6) is 0 Å². The highest BCUT2D eigenvalue weighted by atomic mass is 35.5. The van der Waals surface area contributed by atoms with Gasteiger partial charge in [0.25, 0.3) is 6.20 Å². The second-order valence-corrected chi connectivity index (χ2v) is 4.45. The highest BCUT2D eigenvalue weighted by molar-refractivity contribution is 6.29. The fourth-order valence-corrected chi connectivity index (χ4v) is 1.52. The van der Waals surface area contributed by atoms with Gasteiger partial charge in [-0.1, -0.05) is 24.6 Å². The van der Waals surface area contributed by atoms with E-state index in [0.29, 0.717) is 17.3 Å². The van der Waals surface area contributed by atoms with Crippen LogP contribution in [0.2, 0.25) is 5.15 Å². The summed E-state index contributed by atoms with van der Waals surface area (Å²) in [7, 11) is 0. The van der Waals surface area contributed by atoms with E-state index in [1.807, 2.05) is 13.8 Å². The Labute approximate surface area is 111 Å². The Balaban J connectivity index is 2.78. The SMILES string of the molecule is CCC(C)N/C(=C\[N+](=O)[O-])Cc1ccc(Cl)nc1. The van der Waals surface area contributed by atoms with Crippen LogP contribution < -0.4 is 5.32 Å². The Morgan fingerprint density at radius 3 is 2.89 bits per heavy atom. The Hall–Kier alpha value is -1.62. The van der Waals surface area contributed by atoms with Gasteiger partial charge in [0.1, 0.15) is 5.15 Å². The van der Waals surface area contributed by atoms with Crippen LogP contribution in [0.3, 0.4) is 0 Å². The molecule has 1 aromatic rings. The van der Waals surface area contributed by atoms with Crippen molar-refractivity contribution in [2.45, 2.75) is 32.7 Å². The molecule has 0 saturated carbocycles. The molecule has 1 atom stereocenters. The van der Waals surface area contributed by atoms with E-state index in [0.717, 1.165) is 18.2 Å². The van der Waals surface area contributed by atoms with Crippen molar-refractivity contribution >= 4 is 11.6 Å². The third kappa shape index (κ3) is 5.14. The van der Waals surface area contributed by atoms with E-state index in [-0.39, 0.29) is 6.04 Å². The molecule has 0 aliphatic heterocycles. The maximum atomic E-state index is 10.6. The van der Waals surface area contributed by atoms with Crippen molar-refractivity contribution in [3.8, 4) is 0 Å². The largest absolute Gasteiger partial charge is 0.381 e. The van der Waals surface area contributed by atoms with Gasteiger partial charge in [-0.3, -0.25) is 10.1 Å². The number of halogens is 1. The van der Waals surface area contributed by atoms with Crippen LogP contribution in [0.25, 0.3) is 0 Å². The van der Waals surface area contributed by atoms with Gasteiger partial charge in [0.2, 0.25) is 0 Å². The molecule has 6 heteroatoms. The van der Waals surface area contributed by atoms with E-state index in [1.165, 1.54) is 0 Å². The van der Waals surface area contributed by atoms with Crippen molar-refractivity contribution in [1.29, 1.82) is 0 Å². The Morgan fingerprint density at radius 2 is 2.39 bits per heavy atom. The molecule has 0 fully saturated rings. The first-order valence-electron chi connectivity index (χ1n) is 5.72. The molecular formula is C12H16ClN3O2. The van der Waals surface area contributed by atoms with Crippen LogP contribution in [-0.4, -0.2) is 15.9 Å². The third-order valence-electron chi connectivity index (χ3n) is 2.49. The average Bonchev–Trinajstić information content (AvgIpc) is 2.31. The minimum absolute atomic E-state index is 0.191. The first-order valence-corrected chi connectivity index (χ1v) is 6.10. The summed E-state index contributed by atoms with van der Waals surface area (Å²) in [6.45, 7) is 4.00. The Morgan fingerprint density at radius 1 is 1.67 bits per heavy atom. The van der Waals surface area contributed by atoms with Gasteiger partial charge in [-0.25, -0.2) is 4.98 Å². The Kier molecular flexibility index (Phi) is 5.58. The van der Waals surface area contributed by atoms with E-state index >= 15 is 0 Å². The van der Waals surface area contributed by atoms with Crippen molar-refractivity contribution in [2.24, 2.45) is 0 Å². The van der Waals surface area contributed by atoms with E-state index < -0.39 is 4.92 Å². The van der Waals surface area contributed by atoms with Crippen molar-refractivity contribution in [2.75, 3.05) is 0 Å². The lowest BCUT2D eigenvalue weighted by Gasteiger charge is -2.14. The molecule has 0 spiro atoms. The first-order chi connectivity index (χ1) is 8.51. The molecule has 0 aliphatic carbocycles. The zero-order valence-electron chi connectivity index (χ0n) is 10.4. The molecule has 0 aromatic carbocycles. The predicted octanol–water partition coefficient (Wildman–Crippen LogP) is 2.78. The number of hydrogen-bond acceptors (Lipinski definition) is 4. The second-order valence-electron chi connectivity index (χ2n) is 4.06. The number of nitrogens with zero attached hydrogens (tertiary/aromatic N) is 2. The monoisotopic (exact) mass is 269 g/mol. The van der Waals surface area contributed by atoms with Crippen LogP contribution in [0.1, 0.15) is 25.8 Å². The smallest absolute Gasteiger partial charge is 0.253 e. The molecule has 0 radical (unpaired) electrons. The minimum atomic E-state index is -0.450. The van der Waals surface area contributed by atoms with Gasteiger partial charge in [-0.15, -0.1) is 0 Å². The molecule has 0 bridgehead atoms. The van der Waals surface area contributed by atoms with Crippen LogP contribution >= 0.6 is 11.6 Å². The van der Waals surface area contributed by atoms with Crippen LogP contribution in [0.4, 0.5) is 0 Å². The lowest BCUT2D eigenvalue weighted by Crippen LogP contribution is -2.26. The third-order valence-corrected chi connectivity index (χ3v) is 2.71. The van der Waals surface area contributed by atoms with E-state index in [1.54, 1.807) is 18.3 Å². The summed E-state index contributed by atoms with van der Waals surface area (Å²) in [5.41, 5.74) is 1.45. The first kappa shape index (κ1) is 14.4. The molecule has 1 N–H and O–H groups in total. The molecule has 98 valence electrons.